The molecule has 16 heavy (non-hydrogen) atoms. The Morgan fingerprint density at radius 2 is 2.06 bits per heavy atom. The number of nitrogens with zero attached hydrogens (tertiary/aromatic N) is 1. The first-order chi connectivity index (χ1) is 7.86. The molecule has 0 radical (unpaired) electrons. The van der Waals surface area contributed by atoms with Gasteiger partial charge in [0, 0.05) is 11.1 Å². The molecule has 0 saturated carbocycles. The first-order valence-electron chi connectivity index (χ1n) is 4.77. The molecule has 0 atom stereocenters. The fourth-order valence-electron chi connectivity index (χ4n) is 1.17. The Labute approximate surface area is 97.4 Å². The van der Waals surface area contributed by atoms with E-state index in [1.54, 1.807) is 29.7 Å². The molecule has 0 aliphatic heterocycles. The van der Waals surface area contributed by atoms with E-state index in [1.165, 1.54) is 0 Å². The molecule has 1 aromatic heterocycles. The Kier molecular flexibility index (Phi) is 3.46. The summed E-state index contributed by atoms with van der Waals surface area (Å²) < 4.78 is 0. The minimum absolute atomic E-state index is 0.202. The van der Waals surface area contributed by atoms with Crippen molar-refractivity contribution in [1.82, 2.24) is 5.43 Å². The van der Waals surface area contributed by atoms with Crippen LogP contribution in [0.15, 0.2) is 52.3 Å². The van der Waals surface area contributed by atoms with E-state index in [0.29, 0.717) is 5.56 Å². The number of nitrogens with one attached hydrogen (secondary N) is 1. The van der Waals surface area contributed by atoms with Crippen molar-refractivity contribution in [2.45, 2.75) is 0 Å². The Morgan fingerprint density at radius 3 is 2.75 bits per heavy atom. The monoisotopic (exact) mass is 230 g/mol. The van der Waals surface area contributed by atoms with Crippen LogP contribution in [0.1, 0.15) is 15.9 Å². The quantitative estimate of drug-likeness (QED) is 0.639. The molecule has 4 heteroatoms. The number of benzene rings is 1. The van der Waals surface area contributed by atoms with Gasteiger partial charge in [0.05, 0.1) is 6.21 Å². The summed E-state index contributed by atoms with van der Waals surface area (Å²) in [4.78, 5) is 11.6. The van der Waals surface area contributed by atoms with Gasteiger partial charge in [0.15, 0.2) is 0 Å². The molecule has 2 aromatic rings. The van der Waals surface area contributed by atoms with Crippen molar-refractivity contribution in [3.63, 3.8) is 0 Å². The molecule has 0 fully saturated rings. The molecule has 80 valence electrons. The van der Waals surface area contributed by atoms with Crippen LogP contribution in [0.25, 0.3) is 0 Å². The molecule has 2 rings (SSSR count). The Hall–Kier alpha value is -1.94. The van der Waals surface area contributed by atoms with Gasteiger partial charge in [0.2, 0.25) is 0 Å². The lowest BCUT2D eigenvalue weighted by molar-refractivity contribution is 0.0955. The van der Waals surface area contributed by atoms with E-state index in [9.17, 15) is 4.79 Å². The summed E-state index contributed by atoms with van der Waals surface area (Å²) in [7, 11) is 0. The lowest BCUT2D eigenvalue weighted by atomic mass is 10.2. The standard InChI is InChI=1S/C12H10N2OS/c15-12(11-4-2-1-3-5-11)14-13-8-10-6-7-16-9-10/h1-9H,(H,14,15). The van der Waals surface area contributed by atoms with Gasteiger partial charge >= 0.3 is 0 Å². The van der Waals surface area contributed by atoms with Gasteiger partial charge in [0.1, 0.15) is 0 Å². The van der Waals surface area contributed by atoms with Crippen LogP contribution in [0, 0.1) is 0 Å². The third kappa shape index (κ3) is 2.77. The topological polar surface area (TPSA) is 41.5 Å². The molecule has 3 nitrogen and oxygen atoms in total. The number of hydrazone groups is 1. The number of hydrogen-bond acceptors (Lipinski definition) is 3. The summed E-state index contributed by atoms with van der Waals surface area (Å²) in [5.74, 6) is -0.202. The fraction of sp³-hybridized carbons (Fsp3) is 0. The zero-order valence-electron chi connectivity index (χ0n) is 8.46. The third-order valence-corrected chi connectivity index (χ3v) is 2.66. The molecular weight excluding hydrogens is 220 g/mol. The molecule has 1 heterocycles. The molecule has 0 spiro atoms. The molecular formula is C12H10N2OS. The van der Waals surface area contributed by atoms with Gasteiger partial charge in [-0.2, -0.15) is 16.4 Å². The van der Waals surface area contributed by atoms with Crippen molar-refractivity contribution < 1.29 is 4.79 Å². The lowest BCUT2D eigenvalue weighted by Crippen LogP contribution is -2.17. The van der Waals surface area contributed by atoms with Crippen molar-refractivity contribution in [2.75, 3.05) is 0 Å². The second-order valence-corrected chi connectivity index (χ2v) is 3.90. The summed E-state index contributed by atoms with van der Waals surface area (Å²) >= 11 is 1.59. The zero-order valence-corrected chi connectivity index (χ0v) is 9.28. The minimum Gasteiger partial charge on any atom is -0.267 e. The van der Waals surface area contributed by atoms with Gasteiger partial charge in [0.25, 0.3) is 5.91 Å². The van der Waals surface area contributed by atoms with Crippen molar-refractivity contribution >= 4 is 23.5 Å². The highest BCUT2D eigenvalue weighted by Gasteiger charge is 2.01. The van der Waals surface area contributed by atoms with E-state index in [4.69, 9.17) is 0 Å². The summed E-state index contributed by atoms with van der Waals surface area (Å²) in [5.41, 5.74) is 4.06. The van der Waals surface area contributed by atoms with Gasteiger partial charge in [-0.3, -0.25) is 4.79 Å². The Morgan fingerprint density at radius 1 is 1.25 bits per heavy atom. The molecule has 0 unspecified atom stereocenters. The first-order valence-corrected chi connectivity index (χ1v) is 5.71. The molecule has 0 bridgehead atoms. The maximum Gasteiger partial charge on any atom is 0.271 e. The van der Waals surface area contributed by atoms with Crippen molar-refractivity contribution in [3.8, 4) is 0 Å². The van der Waals surface area contributed by atoms with Gasteiger partial charge in [-0.15, -0.1) is 0 Å². The number of thiophene rings is 1. The molecule has 1 amide bonds. The molecule has 0 saturated heterocycles. The van der Waals surface area contributed by atoms with Crippen LogP contribution < -0.4 is 5.43 Å². The number of carbonyl (C=O) groups is 1. The van der Waals surface area contributed by atoms with Gasteiger partial charge in [-0.25, -0.2) is 5.43 Å². The van der Waals surface area contributed by atoms with Gasteiger partial charge in [-0.1, -0.05) is 18.2 Å². The van der Waals surface area contributed by atoms with E-state index in [2.05, 4.69) is 10.5 Å². The van der Waals surface area contributed by atoms with Crippen LogP contribution in [0.3, 0.4) is 0 Å². The predicted molar refractivity (Wildman–Crippen MR) is 65.8 cm³/mol. The molecule has 1 aromatic carbocycles. The average molecular weight is 230 g/mol. The zero-order chi connectivity index (χ0) is 11.2. The third-order valence-electron chi connectivity index (χ3n) is 1.96. The van der Waals surface area contributed by atoms with Crippen LogP contribution in [-0.2, 0) is 0 Å². The maximum atomic E-state index is 11.6. The highest BCUT2D eigenvalue weighted by molar-refractivity contribution is 7.08. The number of hydrogen-bond donors (Lipinski definition) is 1. The molecule has 0 aliphatic carbocycles. The molecule has 0 aliphatic rings. The summed E-state index contributed by atoms with van der Waals surface area (Å²) in [5, 5.41) is 7.79. The summed E-state index contributed by atoms with van der Waals surface area (Å²) in [6.45, 7) is 0. The van der Waals surface area contributed by atoms with E-state index < -0.39 is 0 Å². The van der Waals surface area contributed by atoms with Crippen LogP contribution in [-0.4, -0.2) is 12.1 Å². The van der Waals surface area contributed by atoms with Crippen LogP contribution >= 0.6 is 11.3 Å². The van der Waals surface area contributed by atoms with Crippen LogP contribution in [0.4, 0.5) is 0 Å². The summed E-state index contributed by atoms with van der Waals surface area (Å²) in [6, 6.07) is 10.9. The largest absolute Gasteiger partial charge is 0.271 e. The fourth-order valence-corrected chi connectivity index (χ4v) is 1.78. The highest BCUT2D eigenvalue weighted by atomic mass is 32.1. The first kappa shape index (κ1) is 10.6. The normalized spacial score (nSPS) is 10.5. The van der Waals surface area contributed by atoms with Crippen LogP contribution in [0.2, 0.25) is 0 Å². The van der Waals surface area contributed by atoms with Crippen molar-refractivity contribution in [1.29, 1.82) is 0 Å². The van der Waals surface area contributed by atoms with Gasteiger partial charge < -0.3 is 0 Å². The van der Waals surface area contributed by atoms with E-state index >= 15 is 0 Å². The second kappa shape index (κ2) is 5.23. The number of carbonyl (C=O) groups excluding carboxylic acids is 1. The smallest absolute Gasteiger partial charge is 0.267 e. The van der Waals surface area contributed by atoms with E-state index in [-0.39, 0.29) is 5.91 Å². The lowest BCUT2D eigenvalue weighted by Gasteiger charge is -1.97. The van der Waals surface area contributed by atoms with Crippen LogP contribution in [0.5, 0.6) is 0 Å². The number of amides is 1. The molecule has 1 N–H and O–H groups in total. The second-order valence-electron chi connectivity index (χ2n) is 3.12. The van der Waals surface area contributed by atoms with Gasteiger partial charge in [-0.05, 0) is 29.0 Å². The predicted octanol–water partition coefficient (Wildman–Crippen LogP) is 2.51. The van der Waals surface area contributed by atoms with Crippen molar-refractivity contribution in [3.05, 3.63) is 58.3 Å². The highest BCUT2D eigenvalue weighted by Crippen LogP contribution is 2.02. The maximum absolute atomic E-state index is 11.6. The SMILES string of the molecule is O=C(NN=Cc1ccsc1)c1ccccc1. The number of rotatable bonds is 3. The Bertz CT molecular complexity index is 477. The Balaban J connectivity index is 1.94. The summed E-state index contributed by atoms with van der Waals surface area (Å²) in [6.07, 6.45) is 1.62. The van der Waals surface area contributed by atoms with E-state index in [0.717, 1.165) is 5.56 Å². The minimum atomic E-state index is -0.202. The van der Waals surface area contributed by atoms with E-state index in [1.807, 2.05) is 35.0 Å². The average Bonchev–Trinajstić information content (AvgIpc) is 2.83. The van der Waals surface area contributed by atoms with Crippen molar-refractivity contribution in [2.24, 2.45) is 5.10 Å².